The summed E-state index contributed by atoms with van der Waals surface area (Å²) in [5.41, 5.74) is 10.5. The van der Waals surface area contributed by atoms with Gasteiger partial charge < -0.3 is 21.8 Å². The lowest BCUT2D eigenvalue weighted by molar-refractivity contribution is -0.114. The van der Waals surface area contributed by atoms with Gasteiger partial charge in [-0.25, -0.2) is 0 Å². The highest BCUT2D eigenvalue weighted by Gasteiger charge is 2.24. The van der Waals surface area contributed by atoms with E-state index in [2.05, 4.69) is 17.0 Å². The van der Waals surface area contributed by atoms with Gasteiger partial charge in [-0.05, 0) is 25.5 Å². The van der Waals surface area contributed by atoms with E-state index in [1.54, 1.807) is 0 Å². The monoisotopic (exact) mass is 251 g/mol. The number of hydrogen-bond acceptors (Lipinski definition) is 4. The maximum atomic E-state index is 11.1. The molecular formula is C12H21N5O. The largest absolute Gasteiger partial charge is 0.387 e. The van der Waals surface area contributed by atoms with Crippen molar-refractivity contribution < 1.29 is 4.79 Å². The Kier molecular flexibility index (Phi) is 5.35. The highest BCUT2D eigenvalue weighted by atomic mass is 16.1. The number of primary amides is 1. The number of nitrogens with zero attached hydrogens (tertiary/aromatic N) is 1. The summed E-state index contributed by atoms with van der Waals surface area (Å²) in [5.74, 6) is -0.595. The van der Waals surface area contributed by atoms with Crippen molar-refractivity contribution in [3.05, 3.63) is 11.8 Å². The molecule has 1 rings (SSSR count). The summed E-state index contributed by atoms with van der Waals surface area (Å²) in [6, 6.07) is 0.234. The highest BCUT2D eigenvalue weighted by molar-refractivity contribution is 6.18. The van der Waals surface area contributed by atoms with Crippen LogP contribution >= 0.6 is 0 Å². The van der Waals surface area contributed by atoms with Crippen molar-refractivity contribution in [2.24, 2.45) is 22.4 Å². The first-order valence-corrected chi connectivity index (χ1v) is 6.09. The number of carbonyl (C=O) groups excluding carboxylic acids is 1. The Morgan fingerprint density at radius 1 is 1.44 bits per heavy atom. The Hall–Kier alpha value is -1.85. The fourth-order valence-corrected chi connectivity index (χ4v) is 2.28. The summed E-state index contributed by atoms with van der Waals surface area (Å²) in [4.78, 5) is 15.0. The maximum absolute atomic E-state index is 11.1. The molecule has 2 atom stereocenters. The summed E-state index contributed by atoms with van der Waals surface area (Å²) in [5, 5.41) is 10.4. The number of rotatable bonds is 6. The fourth-order valence-electron chi connectivity index (χ4n) is 2.28. The van der Waals surface area contributed by atoms with Crippen molar-refractivity contribution in [1.82, 2.24) is 5.32 Å². The lowest BCUT2D eigenvalue weighted by atomic mass is 9.84. The van der Waals surface area contributed by atoms with Gasteiger partial charge in [-0.2, -0.15) is 0 Å². The molecule has 0 radical (unpaired) electrons. The van der Waals surface area contributed by atoms with Crippen LogP contribution in [0.4, 0.5) is 0 Å². The van der Waals surface area contributed by atoms with Gasteiger partial charge in [0.15, 0.2) is 0 Å². The molecule has 6 heteroatoms. The van der Waals surface area contributed by atoms with Gasteiger partial charge in [0, 0.05) is 18.8 Å². The molecule has 1 aliphatic rings. The van der Waals surface area contributed by atoms with Crippen LogP contribution in [0.2, 0.25) is 0 Å². The molecular weight excluding hydrogens is 230 g/mol. The third kappa shape index (κ3) is 3.87. The fraction of sp³-hybridized carbons (Fsp3) is 0.583. The van der Waals surface area contributed by atoms with Crippen molar-refractivity contribution in [1.29, 1.82) is 5.41 Å². The number of aliphatic imine (C=N–C) groups is 1. The number of carbonyl (C=O) groups is 1. The van der Waals surface area contributed by atoms with Gasteiger partial charge in [0.05, 0.1) is 5.57 Å². The molecule has 0 aromatic rings. The molecule has 1 fully saturated rings. The zero-order valence-electron chi connectivity index (χ0n) is 10.5. The molecule has 0 aromatic carbocycles. The predicted octanol–water partition coefficient (Wildman–Crippen LogP) is 0.141. The minimum absolute atomic E-state index is 0.0193. The molecule has 0 bridgehead atoms. The summed E-state index contributed by atoms with van der Waals surface area (Å²) in [7, 11) is 0. The van der Waals surface area contributed by atoms with Crippen molar-refractivity contribution in [3.63, 3.8) is 0 Å². The SMILES string of the molecule is C=NC[C@H]1CCCC[C@@H]1N/C=C(\C(=N)N)C(N)=O. The molecule has 1 aliphatic carbocycles. The van der Waals surface area contributed by atoms with Crippen LogP contribution in [-0.2, 0) is 4.79 Å². The third-order valence-corrected chi connectivity index (χ3v) is 3.27. The lowest BCUT2D eigenvalue weighted by Crippen LogP contribution is -2.38. The van der Waals surface area contributed by atoms with Crippen molar-refractivity contribution >= 4 is 18.5 Å². The van der Waals surface area contributed by atoms with E-state index in [1.165, 1.54) is 12.6 Å². The number of amides is 1. The normalized spacial score (nSPS) is 24.3. The van der Waals surface area contributed by atoms with E-state index in [0.29, 0.717) is 12.5 Å². The minimum Gasteiger partial charge on any atom is -0.387 e. The van der Waals surface area contributed by atoms with E-state index in [9.17, 15) is 4.79 Å². The van der Waals surface area contributed by atoms with Gasteiger partial charge >= 0.3 is 0 Å². The first-order valence-electron chi connectivity index (χ1n) is 6.09. The van der Waals surface area contributed by atoms with Gasteiger partial charge in [-0.1, -0.05) is 12.8 Å². The molecule has 6 N–H and O–H groups in total. The first kappa shape index (κ1) is 14.2. The third-order valence-electron chi connectivity index (χ3n) is 3.27. The molecule has 18 heavy (non-hydrogen) atoms. The second-order valence-corrected chi connectivity index (χ2v) is 4.56. The summed E-state index contributed by atoms with van der Waals surface area (Å²) in [6.07, 6.45) is 5.90. The van der Waals surface area contributed by atoms with Gasteiger partial charge in [0.2, 0.25) is 0 Å². The van der Waals surface area contributed by atoms with Crippen LogP contribution in [0.25, 0.3) is 0 Å². The van der Waals surface area contributed by atoms with Crippen molar-refractivity contribution in [2.75, 3.05) is 6.54 Å². The van der Waals surface area contributed by atoms with Gasteiger partial charge in [0.1, 0.15) is 5.84 Å². The van der Waals surface area contributed by atoms with Gasteiger partial charge in [-0.3, -0.25) is 10.2 Å². The Morgan fingerprint density at radius 3 is 2.67 bits per heavy atom. The van der Waals surface area contributed by atoms with E-state index in [4.69, 9.17) is 16.9 Å². The molecule has 0 unspecified atom stereocenters. The quantitative estimate of drug-likeness (QED) is 0.305. The Morgan fingerprint density at radius 2 is 2.11 bits per heavy atom. The molecule has 0 heterocycles. The Balaban J connectivity index is 2.68. The summed E-state index contributed by atoms with van der Waals surface area (Å²) >= 11 is 0. The number of hydrogen-bond donors (Lipinski definition) is 4. The Labute approximate surface area is 107 Å². The van der Waals surface area contributed by atoms with Crippen molar-refractivity contribution in [2.45, 2.75) is 31.7 Å². The molecule has 1 amide bonds. The highest BCUT2D eigenvalue weighted by Crippen LogP contribution is 2.24. The average molecular weight is 251 g/mol. The molecule has 6 nitrogen and oxygen atoms in total. The van der Waals surface area contributed by atoms with Gasteiger partial charge in [-0.15, -0.1) is 0 Å². The van der Waals surface area contributed by atoms with E-state index in [-0.39, 0.29) is 17.5 Å². The second-order valence-electron chi connectivity index (χ2n) is 4.56. The van der Waals surface area contributed by atoms with Crippen LogP contribution in [0.1, 0.15) is 25.7 Å². The van der Waals surface area contributed by atoms with E-state index in [1.807, 2.05) is 0 Å². The molecule has 100 valence electrons. The molecule has 1 saturated carbocycles. The van der Waals surface area contributed by atoms with Crippen molar-refractivity contribution in [3.8, 4) is 0 Å². The molecule has 0 spiro atoms. The zero-order valence-corrected chi connectivity index (χ0v) is 10.5. The number of nitrogens with one attached hydrogen (secondary N) is 2. The minimum atomic E-state index is -0.691. The zero-order chi connectivity index (χ0) is 13.5. The second kappa shape index (κ2) is 6.78. The van der Waals surface area contributed by atoms with E-state index in [0.717, 1.165) is 19.3 Å². The molecule has 0 aromatic heterocycles. The standard InChI is InChI=1S/C12H21N5O/c1-16-6-8-4-2-3-5-10(8)17-7-9(11(13)14)12(15)18/h7-8,10,17H,1-6H2,(H3,13,14)(H2,15,18)/b9-7+/t8-,10+/m1/s1. The average Bonchev–Trinajstić information content (AvgIpc) is 2.31. The summed E-state index contributed by atoms with van der Waals surface area (Å²) < 4.78 is 0. The maximum Gasteiger partial charge on any atom is 0.253 e. The summed E-state index contributed by atoms with van der Waals surface area (Å²) in [6.45, 7) is 4.23. The Bertz CT molecular complexity index is 347. The lowest BCUT2D eigenvalue weighted by Gasteiger charge is -2.30. The van der Waals surface area contributed by atoms with Crippen LogP contribution in [0.3, 0.4) is 0 Å². The molecule has 0 saturated heterocycles. The van der Waals surface area contributed by atoms with E-state index >= 15 is 0 Å². The number of amidine groups is 1. The van der Waals surface area contributed by atoms with Gasteiger partial charge in [0.25, 0.3) is 5.91 Å². The van der Waals surface area contributed by atoms with Crippen LogP contribution in [0.15, 0.2) is 16.8 Å². The van der Waals surface area contributed by atoms with Crippen LogP contribution in [0, 0.1) is 11.3 Å². The first-order chi connectivity index (χ1) is 8.56. The molecule has 0 aliphatic heterocycles. The topological polar surface area (TPSA) is 117 Å². The van der Waals surface area contributed by atoms with Crippen LogP contribution in [-0.4, -0.2) is 31.0 Å². The predicted molar refractivity (Wildman–Crippen MR) is 72.5 cm³/mol. The van der Waals surface area contributed by atoms with Crippen LogP contribution < -0.4 is 16.8 Å². The smallest absolute Gasteiger partial charge is 0.253 e. The number of nitrogens with two attached hydrogens (primary N) is 2. The van der Waals surface area contributed by atoms with Crippen LogP contribution in [0.5, 0.6) is 0 Å². The van der Waals surface area contributed by atoms with E-state index < -0.39 is 5.91 Å².